The Labute approximate surface area is 232 Å². The molecule has 2 atom stereocenters. The third-order valence-corrected chi connectivity index (χ3v) is 7.47. The minimum atomic E-state index is -0.749. The summed E-state index contributed by atoms with van der Waals surface area (Å²) < 4.78 is 0. The summed E-state index contributed by atoms with van der Waals surface area (Å²) in [5.74, 6) is -2.91. The van der Waals surface area contributed by atoms with Crippen molar-refractivity contribution in [2.45, 2.75) is 129 Å². The van der Waals surface area contributed by atoms with Crippen LogP contribution in [0.25, 0.3) is 0 Å². The molecule has 0 aromatic carbocycles. The molecule has 38 heavy (non-hydrogen) atoms. The van der Waals surface area contributed by atoms with Crippen LogP contribution in [0, 0.1) is 11.8 Å². The molecule has 4 amide bonds. The molecule has 8 heteroatoms. The van der Waals surface area contributed by atoms with E-state index in [9.17, 15) is 19.2 Å². The van der Waals surface area contributed by atoms with Crippen molar-refractivity contribution in [1.29, 1.82) is 0 Å². The van der Waals surface area contributed by atoms with Crippen molar-refractivity contribution in [1.82, 2.24) is 9.80 Å². The summed E-state index contributed by atoms with van der Waals surface area (Å²) in [5, 5.41) is 0. The highest BCUT2D eigenvalue weighted by Crippen LogP contribution is 2.18. The highest BCUT2D eigenvalue weighted by Gasteiger charge is 2.27. The van der Waals surface area contributed by atoms with Crippen LogP contribution in [0.1, 0.15) is 129 Å². The number of carbonyl (C=O) groups excluding carboxylic acids is 4. The molecule has 8 nitrogen and oxygen atoms in total. The molecule has 0 aromatic rings. The van der Waals surface area contributed by atoms with Crippen molar-refractivity contribution in [3.8, 4) is 0 Å². The van der Waals surface area contributed by atoms with Crippen LogP contribution < -0.4 is 11.5 Å². The smallest absolute Gasteiger partial charge is 0.234 e. The molecule has 0 aliphatic rings. The van der Waals surface area contributed by atoms with E-state index in [2.05, 4.69) is 13.8 Å². The standard InChI is InChI=1S/C30H58N4O4/c1-5-7-9-15-19-23-33(3)29(37)25(27(31)35)21-17-13-11-12-14-18-22-26(28(32)36)30(38)34(4)24-20-16-10-8-6-2/h25-26H,5-24H2,1-4H3,(H2,31,35)(H2,32,36). The molecule has 222 valence electrons. The predicted molar refractivity (Wildman–Crippen MR) is 155 cm³/mol. The Morgan fingerprint density at radius 2 is 0.789 bits per heavy atom. The van der Waals surface area contributed by atoms with Crippen LogP contribution in [0.5, 0.6) is 0 Å². The van der Waals surface area contributed by atoms with Crippen LogP contribution in [-0.2, 0) is 19.2 Å². The van der Waals surface area contributed by atoms with Gasteiger partial charge in [0.1, 0.15) is 11.8 Å². The molecular formula is C30H58N4O4. The first kappa shape index (κ1) is 35.9. The predicted octanol–water partition coefficient (Wildman–Crippen LogP) is 5.17. The lowest BCUT2D eigenvalue weighted by Gasteiger charge is -2.22. The second kappa shape index (κ2) is 22.8. The number of amides is 4. The fourth-order valence-corrected chi connectivity index (χ4v) is 4.84. The molecule has 0 spiro atoms. The normalized spacial score (nSPS) is 12.6. The van der Waals surface area contributed by atoms with Crippen LogP contribution in [0.3, 0.4) is 0 Å². The molecule has 0 radical (unpaired) electrons. The van der Waals surface area contributed by atoms with Crippen molar-refractivity contribution in [2.24, 2.45) is 23.3 Å². The number of nitrogens with two attached hydrogens (primary N) is 2. The van der Waals surface area contributed by atoms with Crippen molar-refractivity contribution in [2.75, 3.05) is 27.2 Å². The average Bonchev–Trinajstić information content (AvgIpc) is 2.88. The summed E-state index contributed by atoms with van der Waals surface area (Å²) in [6.07, 6.45) is 17.5. The molecule has 0 rings (SSSR count). The number of primary amides is 2. The zero-order valence-corrected chi connectivity index (χ0v) is 25.0. The zero-order valence-electron chi connectivity index (χ0n) is 25.0. The molecule has 0 aromatic heterocycles. The summed E-state index contributed by atoms with van der Waals surface area (Å²) >= 11 is 0. The lowest BCUT2D eigenvalue weighted by Crippen LogP contribution is -2.40. The van der Waals surface area contributed by atoms with Gasteiger partial charge in [0.25, 0.3) is 0 Å². The quantitative estimate of drug-likeness (QED) is 0.123. The van der Waals surface area contributed by atoms with Crippen LogP contribution >= 0.6 is 0 Å². The Bertz CT molecular complexity index is 615. The van der Waals surface area contributed by atoms with Gasteiger partial charge in [-0.2, -0.15) is 0 Å². The highest BCUT2D eigenvalue weighted by molar-refractivity contribution is 6.00. The van der Waals surface area contributed by atoms with Crippen LogP contribution in [-0.4, -0.2) is 60.6 Å². The van der Waals surface area contributed by atoms with Gasteiger partial charge in [-0.15, -0.1) is 0 Å². The SMILES string of the molecule is CCCCCCCN(C)C(=O)C(CCCCCCCCC(C(N)=O)C(=O)N(C)CCCCCCC)C(N)=O. The summed E-state index contributed by atoms with van der Waals surface area (Å²) in [7, 11) is 3.51. The molecule has 0 fully saturated rings. The Morgan fingerprint density at radius 3 is 1.11 bits per heavy atom. The molecule has 0 aliphatic heterocycles. The largest absolute Gasteiger partial charge is 0.369 e. The molecule has 2 unspecified atom stereocenters. The number of nitrogens with zero attached hydrogens (tertiary/aromatic N) is 2. The fraction of sp³-hybridized carbons (Fsp3) is 0.867. The summed E-state index contributed by atoms with van der Waals surface area (Å²) in [4.78, 5) is 52.5. The van der Waals surface area contributed by atoms with Crippen LogP contribution in [0.2, 0.25) is 0 Å². The first-order chi connectivity index (χ1) is 18.2. The minimum absolute atomic E-state index is 0.166. The van der Waals surface area contributed by atoms with E-state index >= 15 is 0 Å². The van der Waals surface area contributed by atoms with E-state index in [0.29, 0.717) is 25.9 Å². The Morgan fingerprint density at radius 1 is 0.500 bits per heavy atom. The van der Waals surface area contributed by atoms with Crippen molar-refractivity contribution >= 4 is 23.6 Å². The third kappa shape index (κ3) is 16.7. The maximum absolute atomic E-state index is 12.7. The molecule has 4 N–H and O–H groups in total. The van der Waals surface area contributed by atoms with E-state index in [1.165, 1.54) is 38.5 Å². The lowest BCUT2D eigenvalue weighted by molar-refractivity contribution is -0.142. The molecule has 0 aliphatic carbocycles. The van der Waals surface area contributed by atoms with Gasteiger partial charge in [0, 0.05) is 27.2 Å². The van der Waals surface area contributed by atoms with Crippen molar-refractivity contribution in [3.05, 3.63) is 0 Å². The van der Waals surface area contributed by atoms with E-state index < -0.39 is 23.7 Å². The minimum Gasteiger partial charge on any atom is -0.369 e. The summed E-state index contributed by atoms with van der Waals surface area (Å²) in [6, 6.07) is 0. The van der Waals surface area contributed by atoms with Crippen molar-refractivity contribution < 1.29 is 19.2 Å². The van der Waals surface area contributed by atoms with Crippen LogP contribution in [0.4, 0.5) is 0 Å². The van der Waals surface area contributed by atoms with E-state index in [1.807, 2.05) is 0 Å². The molecule has 0 saturated carbocycles. The van der Waals surface area contributed by atoms with E-state index in [-0.39, 0.29) is 11.8 Å². The van der Waals surface area contributed by atoms with Gasteiger partial charge in [0.2, 0.25) is 23.6 Å². The molecule has 0 heterocycles. The topological polar surface area (TPSA) is 127 Å². The summed E-state index contributed by atoms with van der Waals surface area (Å²) in [5.41, 5.74) is 11.1. The number of carbonyl (C=O) groups is 4. The van der Waals surface area contributed by atoms with Gasteiger partial charge in [-0.25, -0.2) is 0 Å². The Kier molecular flexibility index (Phi) is 21.6. The Balaban J connectivity index is 4.21. The molecule has 0 saturated heterocycles. The third-order valence-electron chi connectivity index (χ3n) is 7.47. The number of rotatable bonds is 25. The number of hydrogen-bond donors (Lipinski definition) is 2. The first-order valence-corrected chi connectivity index (χ1v) is 15.3. The maximum Gasteiger partial charge on any atom is 0.234 e. The second-order valence-corrected chi connectivity index (χ2v) is 11.0. The van der Waals surface area contributed by atoms with Gasteiger partial charge >= 0.3 is 0 Å². The van der Waals surface area contributed by atoms with Crippen molar-refractivity contribution in [3.63, 3.8) is 0 Å². The molecular weight excluding hydrogens is 480 g/mol. The maximum atomic E-state index is 12.7. The highest BCUT2D eigenvalue weighted by atomic mass is 16.2. The van der Waals surface area contributed by atoms with Gasteiger partial charge < -0.3 is 21.3 Å². The van der Waals surface area contributed by atoms with E-state index in [4.69, 9.17) is 11.5 Å². The molecule has 0 bridgehead atoms. The summed E-state index contributed by atoms with van der Waals surface area (Å²) in [6.45, 7) is 5.67. The van der Waals surface area contributed by atoms with E-state index in [1.54, 1.807) is 23.9 Å². The number of unbranched alkanes of at least 4 members (excludes halogenated alkanes) is 13. The van der Waals surface area contributed by atoms with Gasteiger partial charge in [0.15, 0.2) is 0 Å². The van der Waals surface area contributed by atoms with E-state index in [0.717, 1.165) is 64.2 Å². The van der Waals surface area contributed by atoms with Gasteiger partial charge in [0.05, 0.1) is 0 Å². The second-order valence-electron chi connectivity index (χ2n) is 11.0. The van der Waals surface area contributed by atoms with Gasteiger partial charge in [-0.3, -0.25) is 19.2 Å². The number of hydrogen-bond acceptors (Lipinski definition) is 4. The Hall–Kier alpha value is -2.12. The fourth-order valence-electron chi connectivity index (χ4n) is 4.84. The average molecular weight is 539 g/mol. The van der Waals surface area contributed by atoms with Gasteiger partial charge in [-0.05, 0) is 25.7 Å². The lowest BCUT2D eigenvalue weighted by atomic mass is 9.96. The van der Waals surface area contributed by atoms with Gasteiger partial charge in [-0.1, -0.05) is 104 Å². The monoisotopic (exact) mass is 538 g/mol. The zero-order chi connectivity index (χ0) is 28.8. The van der Waals surface area contributed by atoms with Crippen LogP contribution in [0.15, 0.2) is 0 Å². The first-order valence-electron chi connectivity index (χ1n) is 15.3.